The van der Waals surface area contributed by atoms with Gasteiger partial charge in [-0.15, -0.1) is 0 Å². The molecule has 0 radical (unpaired) electrons. The van der Waals surface area contributed by atoms with Crippen LogP contribution in [0.1, 0.15) is 107 Å². The average molecular weight is 387 g/mol. The van der Waals surface area contributed by atoms with E-state index in [1.165, 1.54) is 88.7 Å². The molecular formula is C25H38O3. The van der Waals surface area contributed by atoms with Gasteiger partial charge < -0.3 is 9.84 Å². The van der Waals surface area contributed by atoms with Crippen molar-refractivity contribution in [3.63, 3.8) is 0 Å². The highest BCUT2D eigenvalue weighted by Crippen LogP contribution is 2.40. The van der Waals surface area contributed by atoms with Crippen LogP contribution in [0.2, 0.25) is 0 Å². The zero-order chi connectivity index (χ0) is 20.0. The van der Waals surface area contributed by atoms with E-state index in [0.717, 1.165) is 17.7 Å². The quantitative estimate of drug-likeness (QED) is 0.268. The average Bonchev–Trinajstić information content (AvgIpc) is 3.22. The van der Waals surface area contributed by atoms with E-state index in [9.17, 15) is 4.79 Å². The topological polar surface area (TPSA) is 46.5 Å². The van der Waals surface area contributed by atoms with Crippen LogP contribution in [0.3, 0.4) is 0 Å². The van der Waals surface area contributed by atoms with Crippen LogP contribution in [-0.4, -0.2) is 17.7 Å². The summed E-state index contributed by atoms with van der Waals surface area (Å²) in [5, 5.41) is 8.98. The fourth-order valence-electron chi connectivity index (χ4n) is 4.18. The van der Waals surface area contributed by atoms with Crippen LogP contribution < -0.4 is 4.74 Å². The standard InChI is InChI=1S/C25H38O3/c1-2-3-4-5-6-7-8-9-12-20-28-25-22(18-19-24(26)27)16-13-17-23(25)21-14-10-11-15-21/h13,16-19,21H,2-12,14-15,20H2,1H3,(H,26,27)/b19-18+. The van der Waals surface area contributed by atoms with E-state index < -0.39 is 5.97 Å². The van der Waals surface area contributed by atoms with Gasteiger partial charge in [0.25, 0.3) is 0 Å². The van der Waals surface area contributed by atoms with E-state index in [2.05, 4.69) is 13.0 Å². The maximum atomic E-state index is 10.9. The highest BCUT2D eigenvalue weighted by molar-refractivity contribution is 5.86. The molecule has 1 saturated carbocycles. The molecule has 3 heteroatoms. The second-order valence-electron chi connectivity index (χ2n) is 8.10. The van der Waals surface area contributed by atoms with Crippen molar-refractivity contribution >= 4 is 12.0 Å². The van der Waals surface area contributed by atoms with E-state index >= 15 is 0 Å². The van der Waals surface area contributed by atoms with Crippen molar-refractivity contribution in [3.8, 4) is 5.75 Å². The van der Waals surface area contributed by atoms with Gasteiger partial charge in [-0.3, -0.25) is 0 Å². The smallest absolute Gasteiger partial charge is 0.328 e. The minimum atomic E-state index is -0.920. The van der Waals surface area contributed by atoms with E-state index in [1.54, 1.807) is 6.08 Å². The number of hydrogen-bond acceptors (Lipinski definition) is 2. The first kappa shape index (κ1) is 22.5. The van der Waals surface area contributed by atoms with E-state index in [1.807, 2.05) is 12.1 Å². The van der Waals surface area contributed by atoms with Crippen molar-refractivity contribution in [1.29, 1.82) is 0 Å². The lowest BCUT2D eigenvalue weighted by molar-refractivity contribution is -0.131. The zero-order valence-electron chi connectivity index (χ0n) is 17.6. The summed E-state index contributed by atoms with van der Waals surface area (Å²) >= 11 is 0. The zero-order valence-corrected chi connectivity index (χ0v) is 17.6. The third kappa shape index (κ3) is 8.08. The van der Waals surface area contributed by atoms with E-state index in [4.69, 9.17) is 9.84 Å². The van der Waals surface area contributed by atoms with Crippen LogP contribution in [0.15, 0.2) is 24.3 Å². The summed E-state index contributed by atoms with van der Waals surface area (Å²) in [7, 11) is 0. The Hall–Kier alpha value is -1.77. The number of benzene rings is 1. The van der Waals surface area contributed by atoms with Gasteiger partial charge in [0.2, 0.25) is 0 Å². The van der Waals surface area contributed by atoms with Gasteiger partial charge in [0.15, 0.2) is 0 Å². The summed E-state index contributed by atoms with van der Waals surface area (Å²) in [5.41, 5.74) is 2.16. The number of hydrogen-bond donors (Lipinski definition) is 1. The second-order valence-corrected chi connectivity index (χ2v) is 8.10. The Labute approximate surface area is 171 Å². The first-order valence-corrected chi connectivity index (χ1v) is 11.4. The van der Waals surface area contributed by atoms with Gasteiger partial charge in [-0.1, -0.05) is 89.3 Å². The Morgan fingerprint density at radius 3 is 2.32 bits per heavy atom. The van der Waals surface area contributed by atoms with Crippen molar-refractivity contribution in [2.24, 2.45) is 0 Å². The maximum Gasteiger partial charge on any atom is 0.328 e. The first-order chi connectivity index (χ1) is 13.7. The SMILES string of the molecule is CCCCCCCCCCCOc1c(/C=C/C(=O)O)cccc1C1CCCC1. The minimum Gasteiger partial charge on any atom is -0.493 e. The van der Waals surface area contributed by atoms with Gasteiger partial charge in [0.05, 0.1) is 6.61 Å². The second kappa shape index (κ2) is 13.4. The van der Waals surface area contributed by atoms with Crippen molar-refractivity contribution in [1.82, 2.24) is 0 Å². The lowest BCUT2D eigenvalue weighted by Crippen LogP contribution is -2.04. The van der Waals surface area contributed by atoms with Crippen molar-refractivity contribution in [3.05, 3.63) is 35.4 Å². The Morgan fingerprint density at radius 2 is 1.68 bits per heavy atom. The van der Waals surface area contributed by atoms with Gasteiger partial charge in [0, 0.05) is 11.6 Å². The lowest BCUT2D eigenvalue weighted by Gasteiger charge is -2.18. The van der Waals surface area contributed by atoms with Gasteiger partial charge in [-0.25, -0.2) is 4.79 Å². The molecule has 2 rings (SSSR count). The number of para-hydroxylation sites is 1. The number of unbranched alkanes of at least 4 members (excludes halogenated alkanes) is 8. The number of aliphatic carboxylic acids is 1. The van der Waals surface area contributed by atoms with Gasteiger partial charge in [-0.2, -0.15) is 0 Å². The minimum absolute atomic E-state index is 0.552. The molecule has 0 amide bonds. The van der Waals surface area contributed by atoms with E-state index in [0.29, 0.717) is 12.5 Å². The third-order valence-corrected chi connectivity index (χ3v) is 5.77. The van der Waals surface area contributed by atoms with Crippen molar-refractivity contribution < 1.29 is 14.6 Å². The summed E-state index contributed by atoms with van der Waals surface area (Å²) in [5.74, 6) is 0.541. The molecule has 0 heterocycles. The Kier molecular flexibility index (Phi) is 10.8. The number of carboxylic acids is 1. The molecule has 3 nitrogen and oxygen atoms in total. The predicted octanol–water partition coefficient (Wildman–Crippen LogP) is 7.35. The first-order valence-electron chi connectivity index (χ1n) is 11.4. The number of carboxylic acid groups (broad SMARTS) is 1. The molecule has 0 aromatic heterocycles. The summed E-state index contributed by atoms with van der Waals surface area (Å²) < 4.78 is 6.23. The summed E-state index contributed by atoms with van der Waals surface area (Å²) in [6.45, 7) is 2.97. The van der Waals surface area contributed by atoms with Crippen LogP contribution in [-0.2, 0) is 4.79 Å². The molecule has 156 valence electrons. The Bertz CT molecular complexity index is 600. The van der Waals surface area contributed by atoms with Gasteiger partial charge in [-0.05, 0) is 36.8 Å². The number of rotatable bonds is 14. The third-order valence-electron chi connectivity index (χ3n) is 5.77. The van der Waals surface area contributed by atoms with Crippen LogP contribution >= 0.6 is 0 Å². The molecule has 0 unspecified atom stereocenters. The molecular weight excluding hydrogens is 348 g/mol. The van der Waals surface area contributed by atoms with E-state index in [-0.39, 0.29) is 0 Å². The predicted molar refractivity (Wildman–Crippen MR) is 117 cm³/mol. The van der Waals surface area contributed by atoms with Crippen LogP contribution in [0, 0.1) is 0 Å². The highest BCUT2D eigenvalue weighted by atomic mass is 16.5. The molecule has 0 spiro atoms. The fourth-order valence-corrected chi connectivity index (χ4v) is 4.18. The van der Waals surface area contributed by atoms with Crippen molar-refractivity contribution in [2.45, 2.75) is 96.3 Å². The Balaban J connectivity index is 1.83. The molecule has 1 aromatic rings. The molecule has 1 aromatic carbocycles. The van der Waals surface area contributed by atoms with Crippen molar-refractivity contribution in [2.75, 3.05) is 6.61 Å². The molecule has 0 aliphatic heterocycles. The Morgan fingerprint density at radius 1 is 1.04 bits per heavy atom. The van der Waals surface area contributed by atoms with Crippen LogP contribution in [0.25, 0.3) is 6.08 Å². The summed E-state index contributed by atoms with van der Waals surface area (Å²) in [6.07, 6.45) is 19.5. The molecule has 1 aliphatic carbocycles. The molecule has 1 fully saturated rings. The molecule has 0 saturated heterocycles. The van der Waals surface area contributed by atoms with Crippen LogP contribution in [0.4, 0.5) is 0 Å². The van der Waals surface area contributed by atoms with Gasteiger partial charge in [0.1, 0.15) is 5.75 Å². The summed E-state index contributed by atoms with van der Waals surface area (Å²) in [6, 6.07) is 6.16. The fraction of sp³-hybridized carbons (Fsp3) is 0.640. The maximum absolute atomic E-state index is 10.9. The number of ether oxygens (including phenoxy) is 1. The molecule has 0 bridgehead atoms. The monoisotopic (exact) mass is 386 g/mol. The molecule has 0 atom stereocenters. The highest BCUT2D eigenvalue weighted by Gasteiger charge is 2.21. The summed E-state index contributed by atoms with van der Waals surface area (Å²) in [4.78, 5) is 10.9. The van der Waals surface area contributed by atoms with Crippen LogP contribution in [0.5, 0.6) is 5.75 Å². The largest absolute Gasteiger partial charge is 0.493 e. The lowest BCUT2D eigenvalue weighted by atomic mass is 9.94. The molecule has 1 N–H and O–H groups in total. The van der Waals surface area contributed by atoms with Gasteiger partial charge >= 0.3 is 5.97 Å². The number of carbonyl (C=O) groups is 1. The normalized spacial score (nSPS) is 14.8. The molecule has 1 aliphatic rings. The molecule has 28 heavy (non-hydrogen) atoms.